The summed E-state index contributed by atoms with van der Waals surface area (Å²) in [5.41, 5.74) is 1.48. The molecule has 0 aromatic carbocycles. The lowest BCUT2D eigenvalue weighted by Crippen LogP contribution is -2.32. The number of rotatable bonds is 5. The minimum atomic E-state index is -0.540. The number of piperidine rings is 1. The van der Waals surface area contributed by atoms with Gasteiger partial charge in [0.05, 0.1) is 10.7 Å². The van der Waals surface area contributed by atoms with Gasteiger partial charge in [0.15, 0.2) is 0 Å². The molecule has 0 bridgehead atoms. The Labute approximate surface area is 186 Å². The van der Waals surface area contributed by atoms with Crippen molar-refractivity contribution in [1.29, 1.82) is 0 Å². The highest BCUT2D eigenvalue weighted by atomic mass is 35.5. The number of thiazole rings is 1. The van der Waals surface area contributed by atoms with E-state index in [9.17, 15) is 9.59 Å². The summed E-state index contributed by atoms with van der Waals surface area (Å²) < 4.78 is 5.49. The van der Waals surface area contributed by atoms with Crippen LogP contribution >= 0.6 is 36.2 Å². The Hall–Kier alpha value is -1.41. The van der Waals surface area contributed by atoms with Gasteiger partial charge in [-0.25, -0.2) is 9.78 Å². The van der Waals surface area contributed by atoms with Crippen LogP contribution in [0.4, 0.5) is 0 Å². The first-order valence-electron chi connectivity index (χ1n) is 9.73. The number of aromatic nitrogens is 1. The van der Waals surface area contributed by atoms with Crippen LogP contribution in [0.2, 0.25) is 0 Å². The highest BCUT2D eigenvalue weighted by Crippen LogP contribution is 2.27. The molecule has 1 aliphatic heterocycles. The topological polar surface area (TPSA) is 84.2 Å². The second kappa shape index (κ2) is 10.6. The van der Waals surface area contributed by atoms with Crippen molar-refractivity contribution < 1.29 is 9.21 Å². The van der Waals surface area contributed by atoms with E-state index in [1.54, 1.807) is 18.3 Å². The third-order valence-electron chi connectivity index (χ3n) is 5.36. The zero-order valence-corrected chi connectivity index (χ0v) is 18.9. The number of nitrogens with one attached hydrogen (secondary N) is 2. The minimum Gasteiger partial charge on any atom is -0.427 e. The van der Waals surface area contributed by atoms with Crippen molar-refractivity contribution in [3.8, 4) is 0 Å². The maximum absolute atomic E-state index is 12.5. The van der Waals surface area contributed by atoms with Crippen LogP contribution in [0.15, 0.2) is 15.3 Å². The second-order valence-electron chi connectivity index (χ2n) is 7.37. The maximum Gasteiger partial charge on any atom is 0.349 e. The fourth-order valence-corrected chi connectivity index (χ4v) is 5.08. The average Bonchev–Trinajstić information content (AvgIpc) is 3.23. The molecule has 6 nitrogen and oxygen atoms in total. The van der Waals surface area contributed by atoms with Gasteiger partial charge in [0.2, 0.25) is 0 Å². The van der Waals surface area contributed by atoms with Gasteiger partial charge in [0.25, 0.3) is 5.91 Å². The number of halogens is 2. The van der Waals surface area contributed by atoms with Crippen molar-refractivity contribution in [2.45, 2.75) is 51.4 Å². The van der Waals surface area contributed by atoms with Crippen molar-refractivity contribution in [3.63, 3.8) is 0 Å². The number of carbonyl (C=O) groups excluding carboxylic acids is 1. The summed E-state index contributed by atoms with van der Waals surface area (Å²) in [5.74, 6) is 0.520. The normalized spacial score (nSPS) is 17.8. The molecule has 0 spiro atoms. The fourth-order valence-electron chi connectivity index (χ4n) is 3.92. The Morgan fingerprint density at radius 2 is 2.17 bits per heavy atom. The fraction of sp³-hybridized carbons (Fsp3) is 0.550. The SMILES string of the molecule is Cc1cc(C2CCCNC2)oc(=O)c1C(=O)NCCc1nc2c(s1)CCC2.Cl.Cl. The Morgan fingerprint density at radius 1 is 1.34 bits per heavy atom. The van der Waals surface area contributed by atoms with Crippen molar-refractivity contribution in [1.82, 2.24) is 15.6 Å². The van der Waals surface area contributed by atoms with Gasteiger partial charge >= 0.3 is 5.63 Å². The number of fused-ring (bicyclic) bond motifs is 1. The summed E-state index contributed by atoms with van der Waals surface area (Å²) in [6.07, 6.45) is 6.16. The van der Waals surface area contributed by atoms with E-state index in [0.717, 1.165) is 43.8 Å². The van der Waals surface area contributed by atoms with Crippen molar-refractivity contribution in [3.05, 3.63) is 49.0 Å². The maximum atomic E-state index is 12.5. The Balaban J connectivity index is 0.00000150. The number of aryl methyl sites for hydroxylation is 3. The second-order valence-corrected chi connectivity index (χ2v) is 8.54. The molecule has 4 rings (SSSR count). The molecule has 1 saturated heterocycles. The van der Waals surface area contributed by atoms with Crippen molar-refractivity contribution in [2.24, 2.45) is 0 Å². The molecule has 29 heavy (non-hydrogen) atoms. The lowest BCUT2D eigenvalue weighted by atomic mass is 9.95. The van der Waals surface area contributed by atoms with Crippen molar-refractivity contribution in [2.75, 3.05) is 19.6 Å². The minimum absolute atomic E-state index is 0. The van der Waals surface area contributed by atoms with E-state index in [2.05, 4.69) is 15.6 Å². The third kappa shape index (κ3) is 5.40. The Kier molecular flexibility index (Phi) is 8.70. The highest BCUT2D eigenvalue weighted by Gasteiger charge is 2.22. The van der Waals surface area contributed by atoms with Crippen LogP contribution in [0.3, 0.4) is 0 Å². The summed E-state index contributed by atoms with van der Waals surface area (Å²) >= 11 is 1.74. The first-order valence-corrected chi connectivity index (χ1v) is 10.5. The van der Waals surface area contributed by atoms with Gasteiger partial charge in [-0.2, -0.15) is 0 Å². The molecule has 1 unspecified atom stereocenters. The summed E-state index contributed by atoms with van der Waals surface area (Å²) in [6.45, 7) is 4.09. The van der Waals surface area contributed by atoms with Crippen LogP contribution < -0.4 is 16.3 Å². The van der Waals surface area contributed by atoms with Gasteiger partial charge in [-0.05, 0) is 57.2 Å². The van der Waals surface area contributed by atoms with E-state index in [4.69, 9.17) is 4.42 Å². The molecule has 2 aromatic heterocycles. The lowest BCUT2D eigenvalue weighted by molar-refractivity contribution is 0.0949. The molecule has 0 radical (unpaired) electrons. The van der Waals surface area contributed by atoms with Gasteiger partial charge in [-0.15, -0.1) is 36.2 Å². The smallest absolute Gasteiger partial charge is 0.349 e. The standard InChI is InChI=1S/C20H25N3O3S.2ClH/c1-12-10-15(13-4-3-8-21-11-13)26-20(25)18(12)19(24)22-9-7-17-23-14-5-2-6-16(14)27-17;;/h10,13,21H,2-9,11H2,1H3,(H,22,24);2*1H. The van der Waals surface area contributed by atoms with Crippen LogP contribution in [0, 0.1) is 6.92 Å². The van der Waals surface area contributed by atoms with Crippen LogP contribution in [-0.4, -0.2) is 30.5 Å². The molecule has 2 N–H and O–H groups in total. The highest BCUT2D eigenvalue weighted by molar-refractivity contribution is 7.11. The molecule has 1 atom stereocenters. The number of hydrogen-bond acceptors (Lipinski definition) is 6. The molecule has 160 valence electrons. The van der Waals surface area contributed by atoms with Crippen LogP contribution in [0.25, 0.3) is 0 Å². The van der Waals surface area contributed by atoms with E-state index < -0.39 is 5.63 Å². The lowest BCUT2D eigenvalue weighted by Gasteiger charge is -2.22. The average molecular weight is 460 g/mol. The van der Waals surface area contributed by atoms with Gasteiger partial charge in [-0.3, -0.25) is 4.79 Å². The quantitative estimate of drug-likeness (QED) is 0.716. The molecule has 2 aromatic rings. The van der Waals surface area contributed by atoms with Gasteiger partial charge in [-0.1, -0.05) is 0 Å². The van der Waals surface area contributed by atoms with Crippen molar-refractivity contribution >= 4 is 42.1 Å². The number of carbonyl (C=O) groups is 1. The first kappa shape index (κ1) is 23.9. The van der Waals surface area contributed by atoms with Crippen LogP contribution in [-0.2, 0) is 19.3 Å². The van der Waals surface area contributed by atoms with Gasteiger partial charge < -0.3 is 15.1 Å². The van der Waals surface area contributed by atoms with Crippen LogP contribution in [0.5, 0.6) is 0 Å². The van der Waals surface area contributed by atoms with E-state index in [0.29, 0.717) is 24.3 Å². The van der Waals surface area contributed by atoms with E-state index in [-0.39, 0.29) is 42.2 Å². The summed E-state index contributed by atoms with van der Waals surface area (Å²) in [7, 11) is 0. The zero-order chi connectivity index (χ0) is 18.8. The van der Waals surface area contributed by atoms with Crippen LogP contribution in [0.1, 0.15) is 62.4 Å². The summed E-state index contributed by atoms with van der Waals surface area (Å²) in [6, 6.07) is 1.85. The summed E-state index contributed by atoms with van der Waals surface area (Å²) in [4.78, 5) is 30.9. The number of amides is 1. The largest absolute Gasteiger partial charge is 0.427 e. The molecule has 2 aliphatic rings. The first-order chi connectivity index (χ1) is 13.1. The number of nitrogens with zero attached hydrogens (tertiary/aromatic N) is 1. The Morgan fingerprint density at radius 3 is 2.86 bits per heavy atom. The van der Waals surface area contributed by atoms with E-state index in [1.807, 2.05) is 6.07 Å². The molecular formula is C20H27Cl2N3O3S. The third-order valence-corrected chi connectivity index (χ3v) is 6.58. The summed E-state index contributed by atoms with van der Waals surface area (Å²) in [5, 5.41) is 7.23. The molecule has 9 heteroatoms. The van der Waals surface area contributed by atoms with Gasteiger partial charge in [0, 0.05) is 30.3 Å². The number of hydrogen-bond donors (Lipinski definition) is 2. The molecule has 1 aliphatic carbocycles. The monoisotopic (exact) mass is 459 g/mol. The Bertz CT molecular complexity index is 885. The molecular weight excluding hydrogens is 433 g/mol. The molecule has 1 amide bonds. The molecule has 1 fully saturated rings. The molecule has 0 saturated carbocycles. The van der Waals surface area contributed by atoms with E-state index >= 15 is 0 Å². The van der Waals surface area contributed by atoms with E-state index in [1.165, 1.54) is 17.0 Å². The van der Waals surface area contributed by atoms with Gasteiger partial charge in [0.1, 0.15) is 11.3 Å². The zero-order valence-electron chi connectivity index (χ0n) is 16.4. The molecule has 3 heterocycles. The predicted molar refractivity (Wildman–Crippen MR) is 119 cm³/mol. The predicted octanol–water partition coefficient (Wildman–Crippen LogP) is 3.18.